The van der Waals surface area contributed by atoms with Crippen molar-refractivity contribution in [1.82, 2.24) is 4.57 Å². The molecule has 0 aliphatic rings. The predicted octanol–water partition coefficient (Wildman–Crippen LogP) is 3.15. The maximum absolute atomic E-state index is 10.6. The minimum Gasteiger partial charge on any atom is -0.481 e. The summed E-state index contributed by atoms with van der Waals surface area (Å²) in [5.74, 6) is 0.323. The van der Waals surface area contributed by atoms with E-state index in [1.807, 2.05) is 24.4 Å². The Morgan fingerprint density at radius 1 is 1.37 bits per heavy atom. The third kappa shape index (κ3) is 3.28. The smallest absolute Gasteiger partial charge is 0.341 e. The molecule has 0 radical (unpaired) electrons. The number of hydrogen-bond donors (Lipinski definition) is 1. The van der Waals surface area contributed by atoms with Crippen molar-refractivity contribution in [2.24, 2.45) is 5.92 Å². The van der Waals surface area contributed by atoms with Gasteiger partial charge in [0.15, 0.2) is 6.61 Å². The first kappa shape index (κ1) is 13.5. The van der Waals surface area contributed by atoms with Crippen molar-refractivity contribution in [2.45, 2.75) is 26.8 Å². The quantitative estimate of drug-likeness (QED) is 0.869. The van der Waals surface area contributed by atoms with Crippen LogP contribution in [0.5, 0.6) is 5.75 Å². The molecule has 0 amide bonds. The zero-order valence-corrected chi connectivity index (χ0v) is 11.3. The Labute approximate surface area is 112 Å². The summed E-state index contributed by atoms with van der Waals surface area (Å²) in [7, 11) is 0. The molecular weight excluding hydrogens is 242 g/mol. The van der Waals surface area contributed by atoms with Crippen LogP contribution in [-0.4, -0.2) is 22.2 Å². The van der Waals surface area contributed by atoms with Crippen LogP contribution in [0.1, 0.15) is 20.3 Å². The van der Waals surface area contributed by atoms with Crippen LogP contribution in [0.2, 0.25) is 0 Å². The van der Waals surface area contributed by atoms with Gasteiger partial charge in [-0.2, -0.15) is 0 Å². The summed E-state index contributed by atoms with van der Waals surface area (Å²) >= 11 is 0. The summed E-state index contributed by atoms with van der Waals surface area (Å²) in [5, 5.41) is 9.63. The van der Waals surface area contributed by atoms with Gasteiger partial charge < -0.3 is 14.4 Å². The zero-order valence-electron chi connectivity index (χ0n) is 11.3. The maximum Gasteiger partial charge on any atom is 0.341 e. The molecule has 0 aliphatic heterocycles. The number of aromatic nitrogens is 1. The van der Waals surface area contributed by atoms with Crippen molar-refractivity contribution in [1.29, 1.82) is 0 Å². The van der Waals surface area contributed by atoms with Crippen LogP contribution in [0.15, 0.2) is 30.5 Å². The standard InChI is InChI=1S/C15H19NO3/c1-11(2)6-8-16-9-7-12-13(16)4-3-5-14(12)19-10-15(17)18/h3-5,7,9,11H,6,8,10H2,1-2H3,(H,17,18). The molecule has 0 fully saturated rings. The molecule has 0 spiro atoms. The summed E-state index contributed by atoms with van der Waals surface area (Å²) in [5.41, 5.74) is 1.09. The highest BCUT2D eigenvalue weighted by Gasteiger charge is 2.08. The second-order valence-electron chi connectivity index (χ2n) is 5.06. The minimum absolute atomic E-state index is 0.309. The van der Waals surface area contributed by atoms with Gasteiger partial charge in [0.2, 0.25) is 0 Å². The van der Waals surface area contributed by atoms with Crippen LogP contribution in [0.4, 0.5) is 0 Å². The summed E-state index contributed by atoms with van der Waals surface area (Å²) in [6.45, 7) is 5.06. The van der Waals surface area contributed by atoms with E-state index in [1.54, 1.807) is 6.07 Å². The van der Waals surface area contributed by atoms with Gasteiger partial charge in [-0.15, -0.1) is 0 Å². The molecule has 4 heteroatoms. The highest BCUT2D eigenvalue weighted by atomic mass is 16.5. The highest BCUT2D eigenvalue weighted by Crippen LogP contribution is 2.27. The fourth-order valence-electron chi connectivity index (χ4n) is 2.05. The third-order valence-corrected chi connectivity index (χ3v) is 3.07. The van der Waals surface area contributed by atoms with Gasteiger partial charge in [0, 0.05) is 18.1 Å². The van der Waals surface area contributed by atoms with Crippen molar-refractivity contribution in [3.8, 4) is 5.75 Å². The average Bonchev–Trinajstić information content (AvgIpc) is 2.77. The molecule has 0 unspecified atom stereocenters. The summed E-state index contributed by atoms with van der Waals surface area (Å²) in [6.07, 6.45) is 3.14. The number of ether oxygens (including phenoxy) is 1. The van der Waals surface area contributed by atoms with Crippen molar-refractivity contribution in [3.05, 3.63) is 30.5 Å². The normalized spacial score (nSPS) is 11.1. The fraction of sp³-hybridized carbons (Fsp3) is 0.400. The topological polar surface area (TPSA) is 51.5 Å². The van der Waals surface area contributed by atoms with Gasteiger partial charge in [-0.3, -0.25) is 0 Å². The van der Waals surface area contributed by atoms with Gasteiger partial charge in [0.25, 0.3) is 0 Å². The van der Waals surface area contributed by atoms with E-state index < -0.39 is 5.97 Å². The lowest BCUT2D eigenvalue weighted by Gasteiger charge is -2.09. The Morgan fingerprint density at radius 2 is 2.16 bits per heavy atom. The van der Waals surface area contributed by atoms with Gasteiger partial charge in [-0.1, -0.05) is 19.9 Å². The van der Waals surface area contributed by atoms with Crippen LogP contribution in [0, 0.1) is 5.92 Å². The number of benzene rings is 1. The number of fused-ring (bicyclic) bond motifs is 1. The van der Waals surface area contributed by atoms with E-state index in [0.29, 0.717) is 11.7 Å². The van der Waals surface area contributed by atoms with Gasteiger partial charge in [0.1, 0.15) is 5.75 Å². The molecule has 1 aromatic heterocycles. The van der Waals surface area contributed by atoms with Crippen LogP contribution >= 0.6 is 0 Å². The Bertz CT molecular complexity index is 572. The molecule has 19 heavy (non-hydrogen) atoms. The number of aliphatic carboxylic acids is 1. The predicted molar refractivity (Wildman–Crippen MR) is 74.5 cm³/mol. The van der Waals surface area contributed by atoms with Crippen LogP contribution in [0.3, 0.4) is 0 Å². The van der Waals surface area contributed by atoms with Crippen LogP contribution < -0.4 is 4.74 Å². The van der Waals surface area contributed by atoms with Crippen molar-refractivity contribution >= 4 is 16.9 Å². The minimum atomic E-state index is -0.962. The van der Waals surface area contributed by atoms with E-state index >= 15 is 0 Å². The largest absolute Gasteiger partial charge is 0.481 e. The average molecular weight is 261 g/mol. The Kier molecular flexibility index (Phi) is 4.10. The van der Waals surface area contributed by atoms with Crippen molar-refractivity contribution in [3.63, 3.8) is 0 Å². The van der Waals surface area contributed by atoms with Crippen LogP contribution in [-0.2, 0) is 11.3 Å². The lowest BCUT2D eigenvalue weighted by Crippen LogP contribution is -2.09. The maximum atomic E-state index is 10.6. The molecular formula is C15H19NO3. The monoisotopic (exact) mass is 261 g/mol. The van der Waals surface area contributed by atoms with E-state index in [2.05, 4.69) is 18.4 Å². The third-order valence-electron chi connectivity index (χ3n) is 3.07. The van der Waals surface area contributed by atoms with E-state index in [1.165, 1.54) is 0 Å². The van der Waals surface area contributed by atoms with Crippen LogP contribution in [0.25, 0.3) is 10.9 Å². The van der Waals surface area contributed by atoms with Gasteiger partial charge in [-0.25, -0.2) is 4.79 Å². The van der Waals surface area contributed by atoms with Gasteiger partial charge >= 0.3 is 5.97 Å². The molecule has 1 heterocycles. The molecule has 102 valence electrons. The van der Waals surface area contributed by atoms with E-state index in [0.717, 1.165) is 23.9 Å². The lowest BCUT2D eigenvalue weighted by atomic mass is 10.1. The molecule has 2 aromatic rings. The molecule has 0 saturated heterocycles. The Morgan fingerprint density at radius 3 is 2.84 bits per heavy atom. The number of carbonyl (C=O) groups is 1. The second kappa shape index (κ2) is 5.78. The van der Waals surface area contributed by atoms with Gasteiger partial charge in [0.05, 0.1) is 5.52 Å². The fourth-order valence-corrected chi connectivity index (χ4v) is 2.05. The highest BCUT2D eigenvalue weighted by molar-refractivity contribution is 5.86. The van der Waals surface area contributed by atoms with E-state index in [4.69, 9.17) is 9.84 Å². The molecule has 1 aromatic carbocycles. The Balaban J connectivity index is 2.23. The first-order chi connectivity index (χ1) is 9.08. The number of aryl methyl sites for hydroxylation is 1. The Hall–Kier alpha value is -1.97. The SMILES string of the molecule is CC(C)CCn1ccc2c(OCC(=O)O)cccc21. The van der Waals surface area contributed by atoms with Crippen molar-refractivity contribution in [2.75, 3.05) is 6.61 Å². The molecule has 0 atom stereocenters. The van der Waals surface area contributed by atoms with E-state index in [-0.39, 0.29) is 6.61 Å². The van der Waals surface area contributed by atoms with E-state index in [9.17, 15) is 4.79 Å². The second-order valence-corrected chi connectivity index (χ2v) is 5.06. The number of carboxylic acids is 1. The molecule has 2 rings (SSSR count). The first-order valence-electron chi connectivity index (χ1n) is 6.50. The number of carboxylic acid groups (broad SMARTS) is 1. The molecule has 1 N–H and O–H groups in total. The first-order valence-corrected chi connectivity index (χ1v) is 6.50. The summed E-state index contributed by atoms with van der Waals surface area (Å²) in [6, 6.07) is 7.71. The van der Waals surface area contributed by atoms with Crippen molar-refractivity contribution < 1.29 is 14.6 Å². The summed E-state index contributed by atoms with van der Waals surface area (Å²) < 4.78 is 7.49. The number of rotatable bonds is 6. The molecule has 4 nitrogen and oxygen atoms in total. The number of hydrogen-bond acceptors (Lipinski definition) is 2. The molecule has 0 saturated carbocycles. The molecule has 0 bridgehead atoms. The number of nitrogens with zero attached hydrogens (tertiary/aromatic N) is 1. The summed E-state index contributed by atoms with van der Waals surface area (Å²) in [4.78, 5) is 10.6. The van der Waals surface area contributed by atoms with Gasteiger partial charge in [-0.05, 0) is 30.5 Å². The lowest BCUT2D eigenvalue weighted by molar-refractivity contribution is -0.139. The molecule has 0 aliphatic carbocycles. The zero-order chi connectivity index (χ0) is 13.8.